The lowest BCUT2D eigenvalue weighted by molar-refractivity contribution is -0.147. The van der Waals surface area contributed by atoms with Gasteiger partial charge in [0.25, 0.3) is 0 Å². The van der Waals surface area contributed by atoms with Gasteiger partial charge in [-0.25, -0.2) is 0 Å². The van der Waals surface area contributed by atoms with Gasteiger partial charge in [-0.15, -0.1) is 0 Å². The number of hydrogen-bond donors (Lipinski definition) is 1. The largest absolute Gasteiger partial charge is 0.401 e. The molecule has 2 N–H and O–H groups in total. The molecule has 0 spiro atoms. The summed E-state index contributed by atoms with van der Waals surface area (Å²) >= 11 is 0. The summed E-state index contributed by atoms with van der Waals surface area (Å²) in [5.74, 6) is 0.869. The second kappa shape index (κ2) is 8.23. The van der Waals surface area contributed by atoms with Crippen LogP contribution >= 0.6 is 0 Å². The van der Waals surface area contributed by atoms with Crippen molar-refractivity contribution in [1.29, 1.82) is 0 Å². The van der Waals surface area contributed by atoms with E-state index in [9.17, 15) is 13.2 Å². The van der Waals surface area contributed by atoms with Crippen LogP contribution in [0, 0.1) is 11.8 Å². The summed E-state index contributed by atoms with van der Waals surface area (Å²) in [6.45, 7) is 4.28. The third-order valence-electron chi connectivity index (χ3n) is 4.28. The molecule has 0 amide bonds. The van der Waals surface area contributed by atoms with Gasteiger partial charge in [0.05, 0.1) is 6.54 Å². The number of nitrogens with zero attached hydrogens (tertiary/aromatic N) is 1. The predicted octanol–water partition coefficient (Wildman–Crippen LogP) is 3.80. The molecule has 0 aliphatic heterocycles. The normalized spacial score (nSPS) is 28.1. The molecule has 20 heavy (non-hydrogen) atoms. The first-order valence-corrected chi connectivity index (χ1v) is 7.90. The van der Waals surface area contributed by atoms with Crippen molar-refractivity contribution < 1.29 is 13.2 Å². The quantitative estimate of drug-likeness (QED) is 0.773. The van der Waals surface area contributed by atoms with Crippen LogP contribution in [0.3, 0.4) is 0 Å². The Morgan fingerprint density at radius 1 is 1.15 bits per heavy atom. The smallest absolute Gasteiger partial charge is 0.327 e. The Labute approximate surface area is 120 Å². The van der Waals surface area contributed by atoms with Gasteiger partial charge in [0.1, 0.15) is 0 Å². The molecule has 1 saturated carbocycles. The molecule has 3 unspecified atom stereocenters. The van der Waals surface area contributed by atoms with Crippen LogP contribution in [0.1, 0.15) is 52.4 Å². The predicted molar refractivity (Wildman–Crippen MR) is 76.5 cm³/mol. The van der Waals surface area contributed by atoms with Gasteiger partial charge in [0.2, 0.25) is 0 Å². The summed E-state index contributed by atoms with van der Waals surface area (Å²) in [6.07, 6.45) is 2.05. The molecule has 1 aliphatic carbocycles. The maximum absolute atomic E-state index is 12.6. The highest BCUT2D eigenvalue weighted by molar-refractivity contribution is 4.85. The van der Waals surface area contributed by atoms with Crippen LogP contribution in [0.15, 0.2) is 0 Å². The van der Waals surface area contributed by atoms with Crippen molar-refractivity contribution in [2.45, 2.75) is 64.6 Å². The van der Waals surface area contributed by atoms with E-state index >= 15 is 0 Å². The molecular weight excluding hydrogens is 265 g/mol. The maximum Gasteiger partial charge on any atom is 0.401 e. The van der Waals surface area contributed by atoms with E-state index in [2.05, 4.69) is 6.92 Å². The van der Waals surface area contributed by atoms with Crippen LogP contribution in [-0.2, 0) is 0 Å². The SMILES string of the molecule is CCCC1CCC(N)C(CN(CCC)CC(F)(F)F)C1. The fourth-order valence-electron chi connectivity index (χ4n) is 3.40. The van der Waals surface area contributed by atoms with Gasteiger partial charge >= 0.3 is 6.18 Å². The number of rotatable bonds is 7. The molecule has 0 radical (unpaired) electrons. The van der Waals surface area contributed by atoms with Gasteiger partial charge in [0, 0.05) is 12.6 Å². The van der Waals surface area contributed by atoms with E-state index in [1.54, 1.807) is 4.90 Å². The Morgan fingerprint density at radius 2 is 1.85 bits per heavy atom. The molecule has 5 heteroatoms. The third kappa shape index (κ3) is 6.44. The van der Waals surface area contributed by atoms with Crippen molar-refractivity contribution in [2.24, 2.45) is 17.6 Å². The summed E-state index contributed by atoms with van der Waals surface area (Å²) < 4.78 is 37.8. The van der Waals surface area contributed by atoms with Crippen molar-refractivity contribution in [1.82, 2.24) is 4.90 Å². The van der Waals surface area contributed by atoms with E-state index in [4.69, 9.17) is 5.73 Å². The minimum Gasteiger partial charge on any atom is -0.327 e. The zero-order valence-electron chi connectivity index (χ0n) is 12.8. The average Bonchev–Trinajstić information content (AvgIpc) is 2.32. The van der Waals surface area contributed by atoms with Gasteiger partial charge in [0.15, 0.2) is 0 Å². The number of hydrogen-bond acceptors (Lipinski definition) is 2. The molecule has 0 saturated heterocycles. The Morgan fingerprint density at radius 3 is 2.40 bits per heavy atom. The van der Waals surface area contributed by atoms with Crippen molar-refractivity contribution in [3.05, 3.63) is 0 Å². The minimum atomic E-state index is -4.11. The second-order valence-corrected chi connectivity index (χ2v) is 6.24. The van der Waals surface area contributed by atoms with Crippen molar-refractivity contribution >= 4 is 0 Å². The summed E-state index contributed by atoms with van der Waals surface area (Å²) in [5, 5.41) is 0. The molecule has 120 valence electrons. The van der Waals surface area contributed by atoms with Crippen LogP contribution < -0.4 is 5.73 Å². The highest BCUT2D eigenvalue weighted by Gasteiger charge is 2.34. The van der Waals surface area contributed by atoms with E-state index in [0.29, 0.717) is 19.0 Å². The van der Waals surface area contributed by atoms with Gasteiger partial charge < -0.3 is 5.73 Å². The van der Waals surface area contributed by atoms with Crippen molar-refractivity contribution in [2.75, 3.05) is 19.6 Å². The van der Waals surface area contributed by atoms with E-state index < -0.39 is 12.7 Å². The second-order valence-electron chi connectivity index (χ2n) is 6.24. The summed E-state index contributed by atoms with van der Waals surface area (Å²) in [5.41, 5.74) is 6.14. The van der Waals surface area contributed by atoms with Gasteiger partial charge in [-0.2, -0.15) is 13.2 Å². The molecule has 0 bridgehead atoms. The molecular formula is C15H29F3N2. The van der Waals surface area contributed by atoms with Gasteiger partial charge in [-0.3, -0.25) is 4.90 Å². The first kappa shape index (κ1) is 17.8. The molecule has 0 aromatic rings. The zero-order valence-corrected chi connectivity index (χ0v) is 12.8. The summed E-state index contributed by atoms with van der Waals surface area (Å²) in [4.78, 5) is 1.54. The Hall–Kier alpha value is -0.290. The molecule has 1 aliphatic rings. The van der Waals surface area contributed by atoms with E-state index in [1.165, 1.54) is 6.42 Å². The molecule has 0 aromatic heterocycles. The van der Waals surface area contributed by atoms with Crippen LogP contribution in [0.25, 0.3) is 0 Å². The molecule has 3 atom stereocenters. The van der Waals surface area contributed by atoms with E-state index in [1.807, 2.05) is 6.92 Å². The fourth-order valence-corrected chi connectivity index (χ4v) is 3.40. The Balaban J connectivity index is 2.55. The highest BCUT2D eigenvalue weighted by Crippen LogP contribution is 2.32. The first-order valence-electron chi connectivity index (χ1n) is 7.90. The molecule has 1 rings (SSSR count). The van der Waals surface area contributed by atoms with Crippen LogP contribution in [0.5, 0.6) is 0 Å². The lowest BCUT2D eigenvalue weighted by Gasteiger charge is -2.37. The fraction of sp³-hybridized carbons (Fsp3) is 1.00. The molecule has 0 heterocycles. The monoisotopic (exact) mass is 294 g/mol. The number of halogens is 3. The van der Waals surface area contributed by atoms with Crippen LogP contribution in [-0.4, -0.2) is 36.8 Å². The maximum atomic E-state index is 12.6. The van der Waals surface area contributed by atoms with Crippen molar-refractivity contribution in [3.63, 3.8) is 0 Å². The number of nitrogens with two attached hydrogens (primary N) is 1. The number of alkyl halides is 3. The van der Waals surface area contributed by atoms with Crippen LogP contribution in [0.2, 0.25) is 0 Å². The van der Waals surface area contributed by atoms with Crippen molar-refractivity contribution in [3.8, 4) is 0 Å². The molecule has 1 fully saturated rings. The lowest BCUT2D eigenvalue weighted by atomic mass is 9.76. The first-order chi connectivity index (χ1) is 9.35. The van der Waals surface area contributed by atoms with Crippen LogP contribution in [0.4, 0.5) is 13.2 Å². The zero-order chi connectivity index (χ0) is 15.2. The minimum absolute atomic E-state index is 0.0655. The third-order valence-corrected chi connectivity index (χ3v) is 4.28. The average molecular weight is 294 g/mol. The lowest BCUT2D eigenvalue weighted by Crippen LogP contribution is -2.45. The Kier molecular flexibility index (Phi) is 7.30. The summed E-state index contributed by atoms with van der Waals surface area (Å²) in [6, 6.07) is 0.0655. The van der Waals surface area contributed by atoms with Gasteiger partial charge in [-0.1, -0.05) is 26.7 Å². The topological polar surface area (TPSA) is 29.3 Å². The molecule has 0 aromatic carbocycles. The van der Waals surface area contributed by atoms with E-state index in [-0.39, 0.29) is 12.0 Å². The summed E-state index contributed by atoms with van der Waals surface area (Å²) in [7, 11) is 0. The standard InChI is InChI=1S/C15H29F3N2/c1-3-5-12-6-7-14(19)13(9-12)10-20(8-4-2)11-15(16,17)18/h12-14H,3-11,19H2,1-2H3. The Bertz CT molecular complexity index is 268. The highest BCUT2D eigenvalue weighted by atomic mass is 19.4. The van der Waals surface area contributed by atoms with Gasteiger partial charge in [-0.05, 0) is 44.1 Å². The van der Waals surface area contributed by atoms with E-state index in [0.717, 1.165) is 32.1 Å². The molecule has 2 nitrogen and oxygen atoms in total.